The van der Waals surface area contributed by atoms with Gasteiger partial charge >= 0.3 is 0 Å². The lowest BCUT2D eigenvalue weighted by atomic mass is 10.2. The van der Waals surface area contributed by atoms with Crippen LogP contribution in [0.3, 0.4) is 0 Å². The first-order chi connectivity index (χ1) is 16.3. The number of rotatable bonds is 4. The average molecular weight is 434 g/mol. The lowest BCUT2D eigenvalue weighted by Gasteiger charge is -2.19. The van der Waals surface area contributed by atoms with Gasteiger partial charge in [-0.05, 0) is 48.0 Å². The minimum atomic E-state index is -0.143. The Morgan fingerprint density at radius 3 is 2.36 bits per heavy atom. The highest BCUT2D eigenvalue weighted by Crippen LogP contribution is 2.18. The molecular weight excluding hydrogens is 410 g/mol. The summed E-state index contributed by atoms with van der Waals surface area (Å²) < 4.78 is 3.47. The first-order valence-electron chi connectivity index (χ1n) is 10.8. The first kappa shape index (κ1) is 20.5. The molecule has 0 spiro atoms. The molecule has 162 valence electrons. The summed E-state index contributed by atoms with van der Waals surface area (Å²) in [6.45, 7) is 1.38. The van der Waals surface area contributed by atoms with E-state index in [0.717, 1.165) is 23.5 Å². The van der Waals surface area contributed by atoms with Crippen molar-refractivity contribution in [3.8, 4) is 16.9 Å². The van der Waals surface area contributed by atoms with E-state index in [0.29, 0.717) is 17.8 Å². The Morgan fingerprint density at radius 1 is 0.818 bits per heavy atom. The Kier molecular flexibility index (Phi) is 5.80. The average Bonchev–Trinajstić information content (AvgIpc) is 3.18. The largest absolute Gasteiger partial charge is 0.349 e. The summed E-state index contributed by atoms with van der Waals surface area (Å²) >= 11 is 0. The molecule has 5 rings (SSSR count). The van der Waals surface area contributed by atoms with Gasteiger partial charge in [0.25, 0.3) is 5.56 Å². The molecule has 0 radical (unpaired) electrons. The molecule has 6 heteroatoms. The van der Waals surface area contributed by atoms with E-state index in [1.54, 1.807) is 6.21 Å². The van der Waals surface area contributed by atoms with Crippen molar-refractivity contribution < 1.29 is 0 Å². The van der Waals surface area contributed by atoms with Gasteiger partial charge in [0.1, 0.15) is 0 Å². The SMILES string of the molecule is O=c1c2cn(Cc3ccc(N4CC=CC=N4)cc3)ccccccc-2nn1-c1ccccc1. The second kappa shape index (κ2) is 9.36. The zero-order chi connectivity index (χ0) is 22.5. The van der Waals surface area contributed by atoms with Crippen LogP contribution in [0.5, 0.6) is 0 Å². The van der Waals surface area contributed by atoms with Crippen LogP contribution in [0.1, 0.15) is 5.56 Å². The Morgan fingerprint density at radius 2 is 1.58 bits per heavy atom. The molecule has 0 saturated carbocycles. The Labute approximate surface area is 192 Å². The minimum Gasteiger partial charge on any atom is -0.349 e. The molecule has 0 saturated heterocycles. The predicted octanol–water partition coefficient (Wildman–Crippen LogP) is 4.67. The van der Waals surface area contributed by atoms with Gasteiger partial charge in [-0.1, -0.05) is 54.6 Å². The third-order valence-electron chi connectivity index (χ3n) is 5.37. The second-order valence-corrected chi connectivity index (χ2v) is 7.68. The predicted molar refractivity (Wildman–Crippen MR) is 133 cm³/mol. The summed E-state index contributed by atoms with van der Waals surface area (Å²) in [5.74, 6) is 0. The summed E-state index contributed by atoms with van der Waals surface area (Å²) in [7, 11) is 0. The monoisotopic (exact) mass is 433 g/mol. The number of benzene rings is 2. The van der Waals surface area contributed by atoms with Crippen molar-refractivity contribution >= 4 is 11.9 Å². The number of hydrogen-bond donors (Lipinski definition) is 0. The van der Waals surface area contributed by atoms with Crippen LogP contribution >= 0.6 is 0 Å². The fraction of sp³-hybridized carbons (Fsp3) is 0.0741. The number of aromatic nitrogens is 3. The van der Waals surface area contributed by atoms with Gasteiger partial charge < -0.3 is 4.57 Å². The van der Waals surface area contributed by atoms with Gasteiger partial charge in [-0.25, -0.2) is 0 Å². The van der Waals surface area contributed by atoms with E-state index < -0.39 is 0 Å². The van der Waals surface area contributed by atoms with Crippen molar-refractivity contribution in [1.82, 2.24) is 14.3 Å². The topological polar surface area (TPSA) is 55.4 Å². The van der Waals surface area contributed by atoms with Crippen LogP contribution in [0.4, 0.5) is 5.69 Å². The van der Waals surface area contributed by atoms with E-state index in [2.05, 4.69) is 40.5 Å². The van der Waals surface area contributed by atoms with E-state index >= 15 is 0 Å². The number of para-hydroxylation sites is 1. The highest BCUT2D eigenvalue weighted by molar-refractivity contribution is 5.74. The quantitative estimate of drug-likeness (QED) is 0.470. The molecule has 2 aromatic rings. The third kappa shape index (κ3) is 4.60. The summed E-state index contributed by atoms with van der Waals surface area (Å²) in [5.41, 5.74) is 3.96. The summed E-state index contributed by atoms with van der Waals surface area (Å²) in [5, 5.41) is 10.9. The Bertz CT molecular complexity index is 1380. The fourth-order valence-electron chi connectivity index (χ4n) is 3.71. The van der Waals surface area contributed by atoms with Crippen molar-refractivity contribution in [2.24, 2.45) is 5.10 Å². The van der Waals surface area contributed by atoms with Crippen molar-refractivity contribution in [3.05, 3.63) is 125 Å². The zero-order valence-electron chi connectivity index (χ0n) is 18.0. The number of hydrazone groups is 1. The maximum absolute atomic E-state index is 13.2. The summed E-state index contributed by atoms with van der Waals surface area (Å²) in [6.07, 6.45) is 9.65. The third-order valence-corrected chi connectivity index (χ3v) is 5.37. The number of anilines is 1. The molecule has 0 atom stereocenters. The van der Waals surface area contributed by atoms with Gasteiger partial charge in [-0.3, -0.25) is 9.80 Å². The van der Waals surface area contributed by atoms with Gasteiger partial charge in [0.2, 0.25) is 0 Å². The van der Waals surface area contributed by atoms with Crippen LogP contribution in [-0.4, -0.2) is 27.1 Å². The van der Waals surface area contributed by atoms with Crippen LogP contribution in [0.25, 0.3) is 16.9 Å². The van der Waals surface area contributed by atoms with E-state index in [4.69, 9.17) is 0 Å². The van der Waals surface area contributed by atoms with Crippen LogP contribution in [0.2, 0.25) is 0 Å². The maximum atomic E-state index is 13.2. The van der Waals surface area contributed by atoms with Crippen LogP contribution in [0.15, 0.2) is 119 Å². The molecule has 0 aromatic heterocycles. The molecular formula is C27H23N5O. The van der Waals surface area contributed by atoms with Gasteiger partial charge in [0.15, 0.2) is 0 Å². The number of nitrogens with zero attached hydrogens (tertiary/aromatic N) is 5. The number of allylic oxidation sites excluding steroid dienone is 1. The molecule has 33 heavy (non-hydrogen) atoms. The number of hydrogen-bond acceptors (Lipinski definition) is 4. The van der Waals surface area contributed by atoms with E-state index in [1.807, 2.05) is 88.7 Å². The van der Waals surface area contributed by atoms with Crippen LogP contribution in [-0.2, 0) is 6.54 Å². The molecule has 0 unspecified atom stereocenters. The molecule has 3 aliphatic heterocycles. The second-order valence-electron chi connectivity index (χ2n) is 7.68. The van der Waals surface area contributed by atoms with E-state index in [-0.39, 0.29) is 5.56 Å². The molecule has 0 N–H and O–H groups in total. The lowest BCUT2D eigenvalue weighted by molar-refractivity contribution is 0.794. The highest BCUT2D eigenvalue weighted by Gasteiger charge is 2.14. The zero-order valence-corrected chi connectivity index (χ0v) is 18.0. The molecule has 0 bridgehead atoms. The molecule has 6 nitrogen and oxygen atoms in total. The van der Waals surface area contributed by atoms with Gasteiger partial charge in [0, 0.05) is 25.2 Å². The van der Waals surface area contributed by atoms with Crippen LogP contribution < -0.4 is 10.6 Å². The van der Waals surface area contributed by atoms with E-state index in [9.17, 15) is 4.79 Å². The normalized spacial score (nSPS) is 12.7. The number of fused-ring (bicyclic) bond motifs is 1. The van der Waals surface area contributed by atoms with Crippen molar-refractivity contribution in [3.63, 3.8) is 0 Å². The molecule has 0 aliphatic carbocycles. The Hall–Kier alpha value is -4.45. The summed E-state index contributed by atoms with van der Waals surface area (Å²) in [6, 6.07) is 27.4. The fourth-order valence-corrected chi connectivity index (χ4v) is 3.71. The van der Waals surface area contributed by atoms with Crippen LogP contribution in [0, 0.1) is 0 Å². The van der Waals surface area contributed by atoms with Crippen molar-refractivity contribution in [1.29, 1.82) is 0 Å². The molecule has 0 amide bonds. The van der Waals surface area contributed by atoms with Gasteiger partial charge in [-0.2, -0.15) is 14.9 Å². The molecule has 0 fully saturated rings. The standard InChI is InChI=1S/C27H23N5O/c33-27-25-21-30(20-22-13-15-23(16-14-22)31-19-9-7-17-28-31)18-8-2-1-6-12-26(25)29-32(27)24-10-4-3-5-11-24/h1-18,21H,19-20H2. The maximum Gasteiger partial charge on any atom is 0.282 e. The van der Waals surface area contributed by atoms with Crippen molar-refractivity contribution in [2.45, 2.75) is 6.54 Å². The highest BCUT2D eigenvalue weighted by atomic mass is 16.1. The summed E-state index contributed by atoms with van der Waals surface area (Å²) in [4.78, 5) is 13.2. The van der Waals surface area contributed by atoms with Gasteiger partial charge in [-0.15, -0.1) is 0 Å². The smallest absolute Gasteiger partial charge is 0.282 e. The minimum absolute atomic E-state index is 0.143. The first-order valence-corrected chi connectivity index (χ1v) is 10.8. The lowest BCUT2D eigenvalue weighted by Crippen LogP contribution is -2.18. The molecule has 2 aromatic carbocycles. The molecule has 3 heterocycles. The van der Waals surface area contributed by atoms with E-state index in [1.165, 1.54) is 4.68 Å². The van der Waals surface area contributed by atoms with Gasteiger partial charge in [0.05, 0.1) is 29.2 Å². The van der Waals surface area contributed by atoms with Crippen molar-refractivity contribution in [2.75, 3.05) is 11.6 Å². The molecule has 3 aliphatic rings. The Balaban J connectivity index is 1.52.